The molecule has 7 nitrogen and oxygen atoms in total. The summed E-state index contributed by atoms with van der Waals surface area (Å²) < 4.78 is 40.6. The number of carbonyl (C=O) groups is 1. The van der Waals surface area contributed by atoms with Crippen molar-refractivity contribution in [2.45, 2.75) is 38.9 Å². The van der Waals surface area contributed by atoms with Crippen LogP contribution in [0.15, 0.2) is 29.1 Å². The van der Waals surface area contributed by atoms with Crippen LogP contribution in [0.25, 0.3) is 11.8 Å². The Kier molecular flexibility index (Phi) is 9.56. The Morgan fingerprint density at radius 1 is 1.32 bits per heavy atom. The summed E-state index contributed by atoms with van der Waals surface area (Å²) in [6.07, 6.45) is 3.54. The largest absolute Gasteiger partial charge is 0.391 e. The van der Waals surface area contributed by atoms with Crippen molar-refractivity contribution in [3.8, 4) is 18.4 Å². The van der Waals surface area contributed by atoms with E-state index in [0.29, 0.717) is 30.6 Å². The highest BCUT2D eigenvalue weighted by atomic mass is 32.1. The van der Waals surface area contributed by atoms with Gasteiger partial charge in [0, 0.05) is 25.0 Å². The number of hydrogen-bond acceptors (Lipinski definition) is 6. The van der Waals surface area contributed by atoms with Crippen molar-refractivity contribution < 1.29 is 18.0 Å². The standard InChI is InChI=1S/C26H28F3N5O2S/c1-3-11-31-23(35)21(16-30)25-34(4-2)24(36)22(37-25)17-32-20-7-5-6-18(15-20)8-12-33-13-9-19(10-14-33)26(27,28)29/h1,5-7,15,17,19,32H,4,8-14H2,2H3,(H,31,35)/b22-17+,25-21-. The number of halogens is 3. The molecule has 11 heteroatoms. The molecule has 0 aliphatic carbocycles. The Morgan fingerprint density at radius 2 is 2.05 bits per heavy atom. The first-order valence-electron chi connectivity index (χ1n) is 11.9. The predicted octanol–water partition coefficient (Wildman–Crippen LogP) is 2.02. The minimum atomic E-state index is -4.12. The summed E-state index contributed by atoms with van der Waals surface area (Å²) in [5.41, 5.74) is 1.24. The number of alkyl halides is 3. The van der Waals surface area contributed by atoms with Crippen molar-refractivity contribution in [1.82, 2.24) is 14.8 Å². The number of terminal acetylenes is 1. The van der Waals surface area contributed by atoms with Gasteiger partial charge in [-0.1, -0.05) is 18.1 Å². The Bertz CT molecular complexity index is 1370. The number of piperidine rings is 1. The minimum Gasteiger partial charge on any atom is -0.360 e. The Balaban J connectivity index is 1.73. The van der Waals surface area contributed by atoms with Gasteiger partial charge in [0.1, 0.15) is 15.3 Å². The highest BCUT2D eigenvalue weighted by Crippen LogP contribution is 2.34. The molecule has 2 aromatic rings. The molecule has 0 atom stereocenters. The van der Waals surface area contributed by atoms with E-state index in [9.17, 15) is 28.0 Å². The van der Waals surface area contributed by atoms with Gasteiger partial charge in [0.15, 0.2) is 5.57 Å². The zero-order valence-electron chi connectivity index (χ0n) is 20.4. The first-order chi connectivity index (χ1) is 17.7. The number of anilines is 1. The second kappa shape index (κ2) is 12.6. The fourth-order valence-electron chi connectivity index (χ4n) is 4.14. The molecular weight excluding hydrogens is 503 g/mol. The number of thiazole rings is 1. The summed E-state index contributed by atoms with van der Waals surface area (Å²) in [5.74, 6) is 0.425. The van der Waals surface area contributed by atoms with E-state index in [2.05, 4.69) is 21.5 Å². The molecule has 0 bridgehead atoms. The maximum Gasteiger partial charge on any atom is 0.391 e. The number of nitriles is 1. The average Bonchev–Trinajstić information content (AvgIpc) is 3.20. The molecule has 1 amide bonds. The lowest BCUT2D eigenvalue weighted by Crippen LogP contribution is -2.39. The molecule has 1 aliphatic rings. The van der Waals surface area contributed by atoms with Gasteiger partial charge in [0.2, 0.25) is 0 Å². The van der Waals surface area contributed by atoms with Crippen LogP contribution in [-0.2, 0) is 17.8 Å². The van der Waals surface area contributed by atoms with E-state index in [1.165, 1.54) is 10.8 Å². The molecule has 1 aliphatic heterocycles. The van der Waals surface area contributed by atoms with Gasteiger partial charge in [-0.2, -0.15) is 18.4 Å². The molecule has 0 saturated carbocycles. The van der Waals surface area contributed by atoms with Crippen molar-refractivity contribution in [2.24, 2.45) is 5.92 Å². The van der Waals surface area contributed by atoms with Crippen LogP contribution in [-0.4, -0.2) is 47.7 Å². The Morgan fingerprint density at radius 3 is 2.68 bits per heavy atom. The van der Waals surface area contributed by atoms with E-state index in [1.54, 1.807) is 6.92 Å². The van der Waals surface area contributed by atoms with Crippen molar-refractivity contribution in [2.75, 3.05) is 31.5 Å². The Labute approximate surface area is 216 Å². The third kappa shape index (κ3) is 7.25. The molecule has 196 valence electrons. The Hall–Kier alpha value is -3.54. The SMILES string of the molecule is C#CCNC(=O)/C(C#N)=c1\s/c(=C/Nc2cccc(CCN3CCC(C(F)(F)F)CC3)c2)c(=O)n1CC. The molecule has 1 aromatic heterocycles. The van der Waals surface area contributed by atoms with Crippen LogP contribution in [0.4, 0.5) is 18.9 Å². The van der Waals surface area contributed by atoms with Crippen molar-refractivity contribution in [3.05, 3.63) is 49.4 Å². The number of carbonyl (C=O) groups excluding carboxylic acids is 1. The maximum atomic E-state index is 12.9. The molecule has 3 rings (SSSR count). The van der Waals surface area contributed by atoms with Crippen LogP contribution in [0.3, 0.4) is 0 Å². The number of amides is 1. The lowest BCUT2D eigenvalue weighted by molar-refractivity contribution is -0.185. The highest BCUT2D eigenvalue weighted by molar-refractivity contribution is 7.07. The molecular formula is C26H28F3N5O2S. The summed E-state index contributed by atoms with van der Waals surface area (Å²) in [4.78, 5) is 27.2. The zero-order valence-corrected chi connectivity index (χ0v) is 21.2. The summed E-state index contributed by atoms with van der Waals surface area (Å²) >= 11 is 1.03. The van der Waals surface area contributed by atoms with Gasteiger partial charge in [0.05, 0.1) is 12.5 Å². The molecule has 1 aromatic carbocycles. The normalized spacial score (nSPS) is 16.1. The molecule has 1 fully saturated rings. The molecule has 2 heterocycles. The van der Waals surface area contributed by atoms with Crippen LogP contribution in [0.1, 0.15) is 25.3 Å². The third-order valence-corrected chi connectivity index (χ3v) is 7.32. The smallest absolute Gasteiger partial charge is 0.360 e. The monoisotopic (exact) mass is 531 g/mol. The van der Waals surface area contributed by atoms with Crippen molar-refractivity contribution >= 4 is 34.7 Å². The number of benzene rings is 1. The van der Waals surface area contributed by atoms with Crippen molar-refractivity contribution in [1.29, 1.82) is 5.26 Å². The number of nitrogens with one attached hydrogen (secondary N) is 2. The summed E-state index contributed by atoms with van der Waals surface area (Å²) in [7, 11) is 0. The third-order valence-electron chi connectivity index (χ3n) is 6.19. The molecule has 0 spiro atoms. The lowest BCUT2D eigenvalue weighted by atomic mass is 9.96. The fraction of sp³-hybridized carbons (Fsp3) is 0.423. The molecule has 0 radical (unpaired) electrons. The maximum absolute atomic E-state index is 12.9. The van der Waals surface area contributed by atoms with Crippen LogP contribution < -0.4 is 25.4 Å². The van der Waals surface area contributed by atoms with Gasteiger partial charge in [-0.05, 0) is 57.0 Å². The fourth-order valence-corrected chi connectivity index (χ4v) is 5.23. The summed E-state index contributed by atoms with van der Waals surface area (Å²) in [5, 5.41) is 15.1. The predicted molar refractivity (Wildman–Crippen MR) is 138 cm³/mol. The summed E-state index contributed by atoms with van der Waals surface area (Å²) in [6.45, 7) is 3.53. The second-order valence-corrected chi connectivity index (χ2v) is 9.62. The van der Waals surface area contributed by atoms with Crippen LogP contribution in [0.5, 0.6) is 0 Å². The quantitative estimate of drug-likeness (QED) is 0.509. The first kappa shape index (κ1) is 28.0. The highest BCUT2D eigenvalue weighted by Gasteiger charge is 2.40. The molecule has 2 N–H and O–H groups in total. The van der Waals surface area contributed by atoms with Gasteiger partial charge in [-0.15, -0.1) is 17.8 Å². The van der Waals surface area contributed by atoms with E-state index in [0.717, 1.165) is 22.6 Å². The van der Waals surface area contributed by atoms with Gasteiger partial charge in [-0.25, -0.2) is 0 Å². The van der Waals surface area contributed by atoms with Gasteiger partial charge < -0.3 is 15.5 Å². The number of aromatic nitrogens is 1. The van der Waals surface area contributed by atoms with E-state index in [4.69, 9.17) is 6.42 Å². The second-order valence-electron chi connectivity index (χ2n) is 8.59. The van der Waals surface area contributed by atoms with Gasteiger partial charge in [-0.3, -0.25) is 14.2 Å². The van der Waals surface area contributed by atoms with Crippen LogP contribution >= 0.6 is 11.3 Å². The zero-order chi connectivity index (χ0) is 27.0. The average molecular weight is 532 g/mol. The molecule has 37 heavy (non-hydrogen) atoms. The molecule has 1 saturated heterocycles. The van der Waals surface area contributed by atoms with Gasteiger partial charge >= 0.3 is 6.18 Å². The first-order valence-corrected chi connectivity index (χ1v) is 12.7. The van der Waals surface area contributed by atoms with Crippen molar-refractivity contribution in [3.63, 3.8) is 0 Å². The number of hydrogen-bond donors (Lipinski definition) is 2. The van der Waals surface area contributed by atoms with Crippen LogP contribution in [0.2, 0.25) is 0 Å². The van der Waals surface area contributed by atoms with E-state index >= 15 is 0 Å². The lowest BCUT2D eigenvalue weighted by Gasteiger charge is -2.32. The van der Waals surface area contributed by atoms with E-state index < -0.39 is 18.0 Å². The number of likely N-dealkylation sites (tertiary alicyclic amines) is 1. The molecule has 0 unspecified atom stereocenters. The minimum absolute atomic E-state index is 0.0333. The van der Waals surface area contributed by atoms with E-state index in [-0.39, 0.29) is 41.7 Å². The number of nitrogens with zero attached hydrogens (tertiary/aromatic N) is 3. The number of rotatable bonds is 8. The van der Waals surface area contributed by atoms with Gasteiger partial charge in [0.25, 0.3) is 11.5 Å². The summed E-state index contributed by atoms with van der Waals surface area (Å²) in [6, 6.07) is 9.44. The van der Waals surface area contributed by atoms with Crippen LogP contribution in [0, 0.1) is 29.6 Å². The topological polar surface area (TPSA) is 90.2 Å². The van der Waals surface area contributed by atoms with E-state index in [1.807, 2.05) is 30.3 Å².